The zero-order valence-corrected chi connectivity index (χ0v) is 16.5. The number of ketones is 2. The van der Waals surface area contributed by atoms with Gasteiger partial charge in [0.05, 0.1) is 27.0 Å². The van der Waals surface area contributed by atoms with Gasteiger partial charge in [0.1, 0.15) is 5.60 Å². The predicted octanol–water partition coefficient (Wildman–Crippen LogP) is 3.47. The third-order valence-electron chi connectivity index (χ3n) is 4.44. The van der Waals surface area contributed by atoms with Gasteiger partial charge in [-0.2, -0.15) is 0 Å². The Bertz CT molecular complexity index is 1120. The van der Waals surface area contributed by atoms with E-state index in [1.54, 1.807) is 44.6 Å². The fourth-order valence-corrected chi connectivity index (χ4v) is 3.96. The Morgan fingerprint density at radius 1 is 1.21 bits per heavy atom. The lowest BCUT2D eigenvalue weighted by Crippen LogP contribution is -2.33. The van der Waals surface area contributed by atoms with Crippen molar-refractivity contribution in [3.05, 3.63) is 51.8 Å². The van der Waals surface area contributed by atoms with Crippen LogP contribution in [0.15, 0.2) is 23.8 Å². The number of rotatable bonds is 3. The molecule has 0 spiro atoms. The van der Waals surface area contributed by atoms with Gasteiger partial charge in [-0.15, -0.1) is 11.3 Å². The number of ether oxygens (including phenoxy) is 1. The SMILES string of the molecule is CC(C)(C)OC(=O)NCCc1c[nH]c2c1C(=O)c1cc3scnc3cc1C2=O. The monoisotopic (exact) mass is 397 g/mol. The summed E-state index contributed by atoms with van der Waals surface area (Å²) in [6.07, 6.45) is 1.55. The maximum atomic E-state index is 13.1. The summed E-state index contributed by atoms with van der Waals surface area (Å²) in [7, 11) is 0. The predicted molar refractivity (Wildman–Crippen MR) is 105 cm³/mol. The summed E-state index contributed by atoms with van der Waals surface area (Å²) in [4.78, 5) is 44.9. The van der Waals surface area contributed by atoms with Crippen molar-refractivity contribution < 1.29 is 19.1 Å². The number of aromatic nitrogens is 2. The topological polar surface area (TPSA) is 101 Å². The zero-order valence-electron chi connectivity index (χ0n) is 15.7. The highest BCUT2D eigenvalue weighted by Crippen LogP contribution is 2.32. The van der Waals surface area contributed by atoms with Crippen molar-refractivity contribution in [2.75, 3.05) is 6.54 Å². The molecule has 144 valence electrons. The highest BCUT2D eigenvalue weighted by atomic mass is 32.1. The highest BCUT2D eigenvalue weighted by molar-refractivity contribution is 7.16. The van der Waals surface area contributed by atoms with Crippen LogP contribution in [0.5, 0.6) is 0 Å². The number of aromatic amines is 1. The van der Waals surface area contributed by atoms with Crippen LogP contribution in [0.2, 0.25) is 0 Å². The van der Waals surface area contributed by atoms with E-state index < -0.39 is 11.7 Å². The summed E-state index contributed by atoms with van der Waals surface area (Å²) < 4.78 is 6.07. The van der Waals surface area contributed by atoms with E-state index in [0.717, 1.165) is 4.70 Å². The van der Waals surface area contributed by atoms with Crippen molar-refractivity contribution in [3.63, 3.8) is 0 Å². The fourth-order valence-electron chi connectivity index (χ4n) is 3.26. The average Bonchev–Trinajstić information content (AvgIpc) is 3.23. The molecule has 1 aromatic carbocycles. The minimum Gasteiger partial charge on any atom is -0.444 e. The Hall–Kier alpha value is -3.00. The number of carbonyl (C=O) groups excluding carboxylic acids is 3. The molecule has 2 aromatic heterocycles. The van der Waals surface area contributed by atoms with Gasteiger partial charge in [0.2, 0.25) is 5.78 Å². The van der Waals surface area contributed by atoms with Gasteiger partial charge in [-0.3, -0.25) is 9.59 Å². The van der Waals surface area contributed by atoms with Crippen molar-refractivity contribution >= 4 is 39.2 Å². The van der Waals surface area contributed by atoms with Crippen LogP contribution in [-0.4, -0.2) is 39.8 Å². The average molecular weight is 397 g/mol. The van der Waals surface area contributed by atoms with E-state index in [1.807, 2.05) is 0 Å². The van der Waals surface area contributed by atoms with Crippen LogP contribution in [0.1, 0.15) is 58.3 Å². The lowest BCUT2D eigenvalue weighted by Gasteiger charge is -2.19. The first-order chi connectivity index (χ1) is 13.2. The molecule has 28 heavy (non-hydrogen) atoms. The van der Waals surface area contributed by atoms with Crippen molar-refractivity contribution in [2.45, 2.75) is 32.8 Å². The van der Waals surface area contributed by atoms with Gasteiger partial charge in [0.15, 0.2) is 5.78 Å². The van der Waals surface area contributed by atoms with Crippen LogP contribution in [-0.2, 0) is 11.2 Å². The molecule has 0 aliphatic heterocycles. The van der Waals surface area contributed by atoms with Crippen LogP contribution in [0.4, 0.5) is 4.79 Å². The first kappa shape index (κ1) is 18.4. The van der Waals surface area contributed by atoms with Gasteiger partial charge in [0, 0.05) is 23.9 Å². The molecule has 4 rings (SSSR count). The number of benzene rings is 1. The van der Waals surface area contributed by atoms with Gasteiger partial charge >= 0.3 is 6.09 Å². The Morgan fingerprint density at radius 2 is 1.96 bits per heavy atom. The first-order valence-corrected chi connectivity index (χ1v) is 9.76. The molecule has 1 aliphatic rings. The van der Waals surface area contributed by atoms with Crippen LogP contribution in [0.3, 0.4) is 0 Å². The van der Waals surface area contributed by atoms with Crippen LogP contribution >= 0.6 is 11.3 Å². The Labute approximate surface area is 165 Å². The third kappa shape index (κ3) is 3.20. The van der Waals surface area contributed by atoms with Crippen molar-refractivity contribution in [3.8, 4) is 0 Å². The van der Waals surface area contributed by atoms with Gasteiger partial charge in [0.25, 0.3) is 0 Å². The van der Waals surface area contributed by atoms with E-state index in [9.17, 15) is 14.4 Å². The minimum atomic E-state index is -0.578. The molecular formula is C20H19N3O4S. The summed E-state index contributed by atoms with van der Waals surface area (Å²) in [6.45, 7) is 5.66. The molecule has 3 aromatic rings. The molecule has 0 unspecified atom stereocenters. The van der Waals surface area contributed by atoms with Gasteiger partial charge in [-0.25, -0.2) is 9.78 Å². The molecule has 0 radical (unpaired) electrons. The molecule has 0 bridgehead atoms. The summed E-state index contributed by atoms with van der Waals surface area (Å²) in [5.41, 5.74) is 3.96. The molecule has 0 atom stereocenters. The molecule has 7 nitrogen and oxygen atoms in total. The number of fused-ring (bicyclic) bond motifs is 3. The summed E-state index contributed by atoms with van der Waals surface area (Å²) in [6, 6.07) is 3.41. The molecule has 2 N–H and O–H groups in total. The van der Waals surface area contributed by atoms with Crippen molar-refractivity contribution in [2.24, 2.45) is 0 Å². The lowest BCUT2D eigenvalue weighted by atomic mass is 9.86. The summed E-state index contributed by atoms with van der Waals surface area (Å²) in [5, 5.41) is 2.67. The number of nitrogens with one attached hydrogen (secondary N) is 2. The molecule has 2 heterocycles. The van der Waals surface area contributed by atoms with Crippen LogP contribution < -0.4 is 5.32 Å². The summed E-state index contributed by atoms with van der Waals surface area (Å²) >= 11 is 1.43. The second-order valence-electron chi connectivity index (χ2n) is 7.62. The number of hydrogen-bond acceptors (Lipinski definition) is 6. The third-order valence-corrected chi connectivity index (χ3v) is 5.23. The van der Waals surface area contributed by atoms with E-state index in [1.165, 1.54) is 11.3 Å². The number of alkyl carbamates (subject to hydrolysis) is 1. The second kappa shape index (κ2) is 6.56. The van der Waals surface area contributed by atoms with Crippen molar-refractivity contribution in [1.82, 2.24) is 15.3 Å². The number of nitrogens with zero attached hydrogens (tertiary/aromatic N) is 1. The van der Waals surface area contributed by atoms with Crippen LogP contribution in [0.25, 0.3) is 10.2 Å². The van der Waals surface area contributed by atoms with Gasteiger partial charge < -0.3 is 15.0 Å². The maximum absolute atomic E-state index is 13.1. The highest BCUT2D eigenvalue weighted by Gasteiger charge is 2.33. The molecule has 1 amide bonds. The van der Waals surface area contributed by atoms with E-state index in [0.29, 0.717) is 46.4 Å². The Balaban J connectivity index is 1.57. The molecule has 0 fully saturated rings. The largest absolute Gasteiger partial charge is 0.444 e. The lowest BCUT2D eigenvalue weighted by molar-refractivity contribution is 0.0528. The second-order valence-corrected chi connectivity index (χ2v) is 8.51. The Morgan fingerprint density at radius 3 is 2.71 bits per heavy atom. The minimum absolute atomic E-state index is 0.187. The molecule has 8 heteroatoms. The number of amides is 1. The number of thiazole rings is 1. The maximum Gasteiger partial charge on any atom is 0.407 e. The number of carbonyl (C=O) groups is 3. The van der Waals surface area contributed by atoms with Gasteiger partial charge in [-0.05, 0) is 44.9 Å². The number of hydrogen-bond donors (Lipinski definition) is 2. The standard InChI is InChI=1S/C20H19N3O4S/c1-20(2,3)27-19(26)21-5-4-10-8-22-16-15(10)17(24)12-7-14-13(23-9-28-14)6-11(12)18(16)25/h6-9,22H,4-5H2,1-3H3,(H,21,26). The van der Waals surface area contributed by atoms with Gasteiger partial charge in [-0.1, -0.05) is 0 Å². The Kier molecular flexibility index (Phi) is 4.30. The van der Waals surface area contributed by atoms with E-state index in [2.05, 4.69) is 15.3 Å². The van der Waals surface area contributed by atoms with Crippen LogP contribution in [0, 0.1) is 0 Å². The first-order valence-electron chi connectivity index (χ1n) is 8.88. The fraction of sp³-hybridized carbons (Fsp3) is 0.300. The molecular weight excluding hydrogens is 378 g/mol. The molecule has 0 saturated carbocycles. The van der Waals surface area contributed by atoms with Crippen molar-refractivity contribution in [1.29, 1.82) is 0 Å². The smallest absolute Gasteiger partial charge is 0.407 e. The molecule has 0 saturated heterocycles. The quantitative estimate of drug-likeness (QED) is 0.551. The van der Waals surface area contributed by atoms with E-state index in [4.69, 9.17) is 4.74 Å². The molecule has 1 aliphatic carbocycles. The number of H-pyrrole nitrogens is 1. The zero-order chi connectivity index (χ0) is 20.1. The summed E-state index contributed by atoms with van der Waals surface area (Å²) in [5.74, 6) is -0.403. The van der Waals surface area contributed by atoms with E-state index >= 15 is 0 Å². The van der Waals surface area contributed by atoms with E-state index in [-0.39, 0.29) is 11.6 Å². The normalized spacial score (nSPS) is 13.4.